The van der Waals surface area contributed by atoms with Crippen molar-refractivity contribution in [2.75, 3.05) is 42.9 Å². The van der Waals surface area contributed by atoms with E-state index in [2.05, 4.69) is 25.8 Å². The molecule has 36 heavy (non-hydrogen) atoms. The normalized spacial score (nSPS) is 16.9. The van der Waals surface area contributed by atoms with E-state index in [9.17, 15) is 14.4 Å². The van der Waals surface area contributed by atoms with Gasteiger partial charge in [0.15, 0.2) is 0 Å². The molecule has 2 saturated heterocycles. The number of hydrogen-bond acceptors (Lipinski definition) is 6. The molecule has 0 aliphatic carbocycles. The van der Waals surface area contributed by atoms with Crippen LogP contribution >= 0.6 is 0 Å². The lowest BCUT2D eigenvalue weighted by molar-refractivity contribution is -0.136. The number of piperidine rings is 2. The van der Waals surface area contributed by atoms with E-state index in [1.165, 1.54) is 12.8 Å². The van der Waals surface area contributed by atoms with Crippen LogP contribution in [0.15, 0.2) is 42.7 Å². The van der Waals surface area contributed by atoms with Gasteiger partial charge in [-0.25, -0.2) is 0 Å². The Labute approximate surface area is 211 Å². The number of nitrogens with one attached hydrogen (secondary N) is 3. The number of rotatable bonds is 9. The first-order valence-corrected chi connectivity index (χ1v) is 12.8. The molecule has 2 aliphatic rings. The molecular formula is C27H35N5O4. The van der Waals surface area contributed by atoms with E-state index in [1.54, 1.807) is 24.5 Å². The van der Waals surface area contributed by atoms with E-state index >= 15 is 0 Å². The van der Waals surface area contributed by atoms with Crippen LogP contribution in [0.5, 0.6) is 0 Å². The molecule has 1 aromatic heterocycles. The minimum absolute atomic E-state index is 0.0171. The summed E-state index contributed by atoms with van der Waals surface area (Å²) in [6, 6.07) is 9.09. The van der Waals surface area contributed by atoms with Crippen LogP contribution in [0.1, 0.15) is 48.0 Å². The van der Waals surface area contributed by atoms with E-state index in [-0.39, 0.29) is 25.3 Å². The highest BCUT2D eigenvalue weighted by molar-refractivity contribution is 6.04. The molecule has 2 amide bonds. The third kappa shape index (κ3) is 7.04. The summed E-state index contributed by atoms with van der Waals surface area (Å²) >= 11 is 0. The van der Waals surface area contributed by atoms with E-state index in [0.29, 0.717) is 11.3 Å². The van der Waals surface area contributed by atoms with E-state index < -0.39 is 11.9 Å². The molecule has 4 rings (SSSR count). The van der Waals surface area contributed by atoms with Crippen molar-refractivity contribution in [2.24, 2.45) is 11.8 Å². The van der Waals surface area contributed by atoms with Crippen molar-refractivity contribution in [2.45, 2.75) is 38.5 Å². The number of benzene rings is 1. The summed E-state index contributed by atoms with van der Waals surface area (Å²) in [6.45, 7) is 4.14. The zero-order chi connectivity index (χ0) is 25.3. The Morgan fingerprint density at radius 2 is 1.81 bits per heavy atom. The molecule has 1 aromatic carbocycles. The smallest absolute Gasteiger partial charge is 0.305 e. The van der Waals surface area contributed by atoms with Crippen LogP contribution in [0, 0.1) is 11.8 Å². The maximum absolute atomic E-state index is 12.8. The molecule has 3 heterocycles. The predicted molar refractivity (Wildman–Crippen MR) is 138 cm³/mol. The summed E-state index contributed by atoms with van der Waals surface area (Å²) in [6.07, 6.45) is 8.06. The Balaban J connectivity index is 1.46. The zero-order valence-corrected chi connectivity index (χ0v) is 20.5. The molecule has 2 fully saturated rings. The highest BCUT2D eigenvalue weighted by atomic mass is 16.4. The molecule has 2 aliphatic heterocycles. The number of anilines is 2. The van der Waals surface area contributed by atoms with Crippen LogP contribution in [-0.4, -0.2) is 60.6 Å². The standard InChI is InChI=1S/C27H35N5O4/c33-25(16-19-2-1-10-29-18-19)31-24-17-22(3-4-23(24)27(36)30-13-7-26(34)35)32-14-8-21(9-15-32)20-5-11-28-12-6-20/h1-4,10,17-18,20-21,28H,5-9,11-16H2,(H,30,36)(H,31,33)(H,34,35). The number of aromatic nitrogens is 1. The second-order valence-electron chi connectivity index (χ2n) is 9.63. The topological polar surface area (TPSA) is 124 Å². The molecule has 0 saturated carbocycles. The van der Waals surface area contributed by atoms with E-state index in [1.807, 2.05) is 18.2 Å². The third-order valence-corrected chi connectivity index (χ3v) is 7.19. The fourth-order valence-corrected chi connectivity index (χ4v) is 5.24. The molecule has 0 bridgehead atoms. The van der Waals surface area contributed by atoms with Gasteiger partial charge in [-0.15, -0.1) is 0 Å². The van der Waals surface area contributed by atoms with E-state index in [0.717, 1.165) is 62.1 Å². The zero-order valence-electron chi connectivity index (χ0n) is 20.5. The number of amides is 2. The lowest BCUT2D eigenvalue weighted by Crippen LogP contribution is -2.39. The number of carbonyl (C=O) groups is 3. The number of carbonyl (C=O) groups excluding carboxylic acids is 2. The van der Waals surface area contributed by atoms with Crippen LogP contribution in [0.3, 0.4) is 0 Å². The summed E-state index contributed by atoms with van der Waals surface area (Å²) in [5.41, 5.74) is 2.49. The van der Waals surface area contributed by atoms with E-state index in [4.69, 9.17) is 5.11 Å². The van der Waals surface area contributed by atoms with Crippen molar-refractivity contribution in [1.82, 2.24) is 15.6 Å². The van der Waals surface area contributed by atoms with Crippen molar-refractivity contribution < 1.29 is 19.5 Å². The molecule has 0 atom stereocenters. The second-order valence-corrected chi connectivity index (χ2v) is 9.63. The molecule has 9 heteroatoms. The number of carboxylic acid groups (broad SMARTS) is 1. The molecule has 0 radical (unpaired) electrons. The molecule has 0 spiro atoms. The van der Waals surface area contributed by atoms with Gasteiger partial charge in [-0.1, -0.05) is 6.07 Å². The van der Waals surface area contributed by atoms with Crippen LogP contribution in [0.25, 0.3) is 0 Å². The Hall–Kier alpha value is -3.46. The van der Waals surface area contributed by atoms with Crippen molar-refractivity contribution in [3.8, 4) is 0 Å². The van der Waals surface area contributed by atoms with Gasteiger partial charge in [0.05, 0.1) is 24.1 Å². The highest BCUT2D eigenvalue weighted by Gasteiger charge is 2.28. The average Bonchev–Trinajstić information content (AvgIpc) is 2.89. The van der Waals surface area contributed by atoms with Gasteiger partial charge in [0.2, 0.25) is 5.91 Å². The van der Waals surface area contributed by atoms with Crippen LogP contribution in [0.4, 0.5) is 11.4 Å². The van der Waals surface area contributed by atoms with Gasteiger partial charge in [0.25, 0.3) is 5.91 Å². The first-order chi connectivity index (χ1) is 17.5. The van der Waals surface area contributed by atoms with Crippen LogP contribution in [0.2, 0.25) is 0 Å². The highest BCUT2D eigenvalue weighted by Crippen LogP contribution is 2.33. The van der Waals surface area contributed by atoms with Gasteiger partial charge in [-0.2, -0.15) is 0 Å². The molecule has 4 N–H and O–H groups in total. The van der Waals surface area contributed by atoms with Crippen LogP contribution < -0.4 is 20.9 Å². The minimum Gasteiger partial charge on any atom is -0.481 e. The molecule has 192 valence electrons. The molecule has 2 aromatic rings. The lowest BCUT2D eigenvalue weighted by atomic mass is 9.79. The Kier molecular flexibility index (Phi) is 8.89. The van der Waals surface area contributed by atoms with Crippen molar-refractivity contribution >= 4 is 29.2 Å². The fourth-order valence-electron chi connectivity index (χ4n) is 5.24. The van der Waals surface area contributed by atoms with Gasteiger partial charge in [0, 0.05) is 37.7 Å². The molecular weight excluding hydrogens is 458 g/mol. The van der Waals surface area contributed by atoms with Crippen molar-refractivity contribution in [3.05, 3.63) is 53.9 Å². The maximum atomic E-state index is 12.8. The first kappa shape index (κ1) is 25.6. The summed E-state index contributed by atoms with van der Waals surface area (Å²) in [5.74, 6) is -0.0918. The third-order valence-electron chi connectivity index (χ3n) is 7.19. The van der Waals surface area contributed by atoms with Crippen molar-refractivity contribution in [3.63, 3.8) is 0 Å². The summed E-state index contributed by atoms with van der Waals surface area (Å²) < 4.78 is 0. The summed E-state index contributed by atoms with van der Waals surface area (Å²) in [4.78, 5) is 42.8. The summed E-state index contributed by atoms with van der Waals surface area (Å²) in [7, 11) is 0. The second kappa shape index (κ2) is 12.5. The number of aliphatic carboxylic acids is 1. The number of carboxylic acids is 1. The Morgan fingerprint density at radius 1 is 1.06 bits per heavy atom. The quantitative estimate of drug-likeness (QED) is 0.423. The van der Waals surface area contributed by atoms with Gasteiger partial charge in [-0.05, 0) is 80.4 Å². The molecule has 9 nitrogen and oxygen atoms in total. The van der Waals surface area contributed by atoms with Gasteiger partial charge in [-0.3, -0.25) is 19.4 Å². The largest absolute Gasteiger partial charge is 0.481 e. The van der Waals surface area contributed by atoms with Gasteiger partial charge < -0.3 is 26.0 Å². The average molecular weight is 494 g/mol. The Morgan fingerprint density at radius 3 is 2.50 bits per heavy atom. The predicted octanol–water partition coefficient (Wildman–Crippen LogP) is 2.68. The van der Waals surface area contributed by atoms with Crippen LogP contribution in [-0.2, 0) is 16.0 Å². The monoisotopic (exact) mass is 493 g/mol. The molecule has 0 unspecified atom stereocenters. The number of nitrogens with zero attached hydrogens (tertiary/aromatic N) is 2. The SMILES string of the molecule is O=C(O)CCNC(=O)c1ccc(N2CCC(C3CCNCC3)CC2)cc1NC(=O)Cc1cccnc1. The fraction of sp³-hybridized carbons (Fsp3) is 0.481. The number of pyridine rings is 1. The maximum Gasteiger partial charge on any atom is 0.305 e. The minimum atomic E-state index is -0.983. The summed E-state index contributed by atoms with van der Waals surface area (Å²) in [5, 5.41) is 17.9. The first-order valence-electron chi connectivity index (χ1n) is 12.8. The Bertz CT molecular complexity index is 1050. The number of hydrogen-bond donors (Lipinski definition) is 4. The van der Waals surface area contributed by atoms with Crippen molar-refractivity contribution in [1.29, 1.82) is 0 Å². The van der Waals surface area contributed by atoms with Gasteiger partial charge >= 0.3 is 5.97 Å². The van der Waals surface area contributed by atoms with Gasteiger partial charge in [0.1, 0.15) is 0 Å². The lowest BCUT2D eigenvalue weighted by Gasteiger charge is -2.39.